The topological polar surface area (TPSA) is 41.5 Å². The second-order valence-corrected chi connectivity index (χ2v) is 5.24. The van der Waals surface area contributed by atoms with Gasteiger partial charge in [-0.2, -0.15) is 0 Å². The van der Waals surface area contributed by atoms with Crippen LogP contribution >= 0.6 is 11.6 Å². The van der Waals surface area contributed by atoms with Gasteiger partial charge in [0.2, 0.25) is 0 Å². The molecule has 1 atom stereocenters. The molecule has 0 amide bonds. The molecule has 0 spiro atoms. The van der Waals surface area contributed by atoms with Gasteiger partial charge < -0.3 is 15.2 Å². The Morgan fingerprint density at radius 2 is 1.95 bits per heavy atom. The van der Waals surface area contributed by atoms with Crippen LogP contribution < -0.4 is 10.1 Å². The molecule has 0 saturated heterocycles. The first-order chi connectivity index (χ1) is 10.2. The van der Waals surface area contributed by atoms with Gasteiger partial charge in [0.15, 0.2) is 0 Å². The molecule has 2 aromatic rings. The van der Waals surface area contributed by atoms with E-state index in [0.29, 0.717) is 11.6 Å². The molecule has 1 unspecified atom stereocenters. The maximum Gasteiger partial charge on any atom is 0.119 e. The van der Waals surface area contributed by atoms with Crippen LogP contribution in [-0.4, -0.2) is 18.3 Å². The predicted molar refractivity (Wildman–Crippen MR) is 87.1 cm³/mol. The van der Waals surface area contributed by atoms with Gasteiger partial charge in [0, 0.05) is 10.7 Å². The van der Waals surface area contributed by atoms with Crippen LogP contribution in [0.25, 0.3) is 0 Å². The fraction of sp³-hybridized carbons (Fsp3) is 0.294. The number of anilines is 1. The molecule has 0 heterocycles. The molecule has 0 radical (unpaired) electrons. The molecule has 2 rings (SSSR count). The fourth-order valence-corrected chi connectivity index (χ4v) is 2.15. The molecule has 112 valence electrons. The summed E-state index contributed by atoms with van der Waals surface area (Å²) < 4.78 is 5.63. The summed E-state index contributed by atoms with van der Waals surface area (Å²) in [4.78, 5) is 0. The van der Waals surface area contributed by atoms with Crippen LogP contribution in [0.2, 0.25) is 5.02 Å². The second-order valence-electron chi connectivity index (χ2n) is 4.81. The Bertz CT molecular complexity index is 557. The highest BCUT2D eigenvalue weighted by atomic mass is 35.5. The van der Waals surface area contributed by atoms with E-state index in [9.17, 15) is 5.11 Å². The maximum atomic E-state index is 9.63. The van der Waals surface area contributed by atoms with Crippen molar-refractivity contribution in [2.45, 2.75) is 19.4 Å². The molecule has 0 aromatic heterocycles. The van der Waals surface area contributed by atoms with Gasteiger partial charge in [0.1, 0.15) is 5.75 Å². The van der Waals surface area contributed by atoms with E-state index in [1.807, 2.05) is 48.5 Å². The van der Waals surface area contributed by atoms with Crippen LogP contribution in [0.5, 0.6) is 5.75 Å². The van der Waals surface area contributed by atoms with Gasteiger partial charge >= 0.3 is 0 Å². The Hall–Kier alpha value is -1.71. The molecule has 2 N–H and O–H groups in total. The van der Waals surface area contributed by atoms with E-state index in [0.717, 1.165) is 23.4 Å². The molecular formula is C17H20ClNO2. The van der Waals surface area contributed by atoms with E-state index in [4.69, 9.17) is 16.3 Å². The summed E-state index contributed by atoms with van der Waals surface area (Å²) in [6.45, 7) is 2.76. The van der Waals surface area contributed by atoms with E-state index in [2.05, 4.69) is 12.2 Å². The Morgan fingerprint density at radius 3 is 2.62 bits per heavy atom. The lowest BCUT2D eigenvalue weighted by atomic mass is 10.1. The summed E-state index contributed by atoms with van der Waals surface area (Å²) in [5.74, 6) is 0.825. The highest BCUT2D eigenvalue weighted by Crippen LogP contribution is 2.24. The van der Waals surface area contributed by atoms with Crippen LogP contribution in [0.3, 0.4) is 0 Å². The second kappa shape index (κ2) is 7.91. The number of benzene rings is 2. The van der Waals surface area contributed by atoms with Crippen molar-refractivity contribution >= 4 is 17.3 Å². The Morgan fingerprint density at radius 1 is 1.19 bits per heavy atom. The van der Waals surface area contributed by atoms with E-state index in [-0.39, 0.29) is 12.6 Å². The predicted octanol–water partition coefficient (Wildman–Crippen LogP) is 4.27. The van der Waals surface area contributed by atoms with Crippen LogP contribution in [0, 0.1) is 0 Å². The van der Waals surface area contributed by atoms with E-state index in [1.165, 1.54) is 0 Å². The molecule has 0 aliphatic rings. The minimum Gasteiger partial charge on any atom is -0.494 e. The highest BCUT2D eigenvalue weighted by molar-refractivity contribution is 6.30. The van der Waals surface area contributed by atoms with Crippen molar-refractivity contribution in [3.8, 4) is 5.75 Å². The molecule has 4 heteroatoms. The van der Waals surface area contributed by atoms with Crippen molar-refractivity contribution in [1.82, 2.24) is 0 Å². The summed E-state index contributed by atoms with van der Waals surface area (Å²) in [6, 6.07) is 15.0. The van der Waals surface area contributed by atoms with Crippen molar-refractivity contribution < 1.29 is 9.84 Å². The summed E-state index contributed by atoms with van der Waals surface area (Å²) in [5, 5.41) is 13.6. The normalized spacial score (nSPS) is 12.0. The number of aliphatic hydroxyl groups excluding tert-OH is 1. The van der Waals surface area contributed by atoms with E-state index >= 15 is 0 Å². The van der Waals surface area contributed by atoms with Crippen LogP contribution in [-0.2, 0) is 0 Å². The largest absolute Gasteiger partial charge is 0.494 e. The molecule has 0 aliphatic heterocycles. The highest BCUT2D eigenvalue weighted by Gasteiger charge is 2.11. The van der Waals surface area contributed by atoms with E-state index < -0.39 is 0 Å². The number of halogens is 1. The first kappa shape index (κ1) is 15.7. The number of hydrogen-bond donors (Lipinski definition) is 2. The lowest BCUT2D eigenvalue weighted by Crippen LogP contribution is -2.14. The number of hydrogen-bond acceptors (Lipinski definition) is 3. The third kappa shape index (κ3) is 4.66. The molecule has 21 heavy (non-hydrogen) atoms. The monoisotopic (exact) mass is 305 g/mol. The van der Waals surface area contributed by atoms with Gasteiger partial charge in [-0.3, -0.25) is 0 Å². The average molecular weight is 306 g/mol. The minimum atomic E-state index is -0.184. The molecule has 0 bridgehead atoms. The van der Waals surface area contributed by atoms with Gasteiger partial charge in [-0.1, -0.05) is 30.7 Å². The Balaban J connectivity index is 2.11. The fourth-order valence-electron chi connectivity index (χ4n) is 2.02. The van der Waals surface area contributed by atoms with Gasteiger partial charge in [-0.25, -0.2) is 0 Å². The lowest BCUT2D eigenvalue weighted by Gasteiger charge is -2.19. The average Bonchev–Trinajstić information content (AvgIpc) is 2.52. The maximum absolute atomic E-state index is 9.63. The van der Waals surface area contributed by atoms with Crippen molar-refractivity contribution in [3.63, 3.8) is 0 Å². The SMILES string of the molecule is CCCOc1cccc(C(CO)Nc2ccc(Cl)cc2)c1. The lowest BCUT2D eigenvalue weighted by molar-refractivity contribution is 0.275. The molecule has 0 aliphatic carbocycles. The van der Waals surface area contributed by atoms with E-state index in [1.54, 1.807) is 0 Å². The summed E-state index contributed by atoms with van der Waals surface area (Å²) in [7, 11) is 0. The quantitative estimate of drug-likeness (QED) is 0.802. The third-order valence-corrected chi connectivity index (χ3v) is 3.35. The van der Waals surface area contributed by atoms with Gasteiger partial charge in [-0.05, 0) is 48.4 Å². The molecule has 0 fully saturated rings. The number of nitrogens with one attached hydrogen (secondary N) is 1. The van der Waals surface area contributed by atoms with Gasteiger partial charge in [-0.15, -0.1) is 0 Å². The van der Waals surface area contributed by atoms with Crippen LogP contribution in [0.15, 0.2) is 48.5 Å². The number of rotatable bonds is 7. The Kier molecular flexibility index (Phi) is 5.90. The Labute approximate surface area is 130 Å². The van der Waals surface area contributed by atoms with Gasteiger partial charge in [0.25, 0.3) is 0 Å². The zero-order valence-corrected chi connectivity index (χ0v) is 12.8. The standard InChI is InChI=1S/C17H20ClNO2/c1-2-10-21-16-5-3-4-13(11-16)17(12-20)19-15-8-6-14(18)7-9-15/h3-9,11,17,19-20H,2,10,12H2,1H3. The van der Waals surface area contributed by atoms with Crippen molar-refractivity contribution in [2.75, 3.05) is 18.5 Å². The number of ether oxygens (including phenoxy) is 1. The zero-order valence-electron chi connectivity index (χ0n) is 12.1. The van der Waals surface area contributed by atoms with Crippen molar-refractivity contribution in [3.05, 3.63) is 59.1 Å². The summed E-state index contributed by atoms with van der Waals surface area (Å²) in [5.41, 5.74) is 1.90. The molecule has 3 nitrogen and oxygen atoms in total. The first-order valence-corrected chi connectivity index (χ1v) is 7.46. The molecule has 0 saturated carbocycles. The van der Waals surface area contributed by atoms with Crippen LogP contribution in [0.1, 0.15) is 24.9 Å². The molecule has 2 aromatic carbocycles. The summed E-state index contributed by atoms with van der Waals surface area (Å²) in [6.07, 6.45) is 0.969. The summed E-state index contributed by atoms with van der Waals surface area (Å²) >= 11 is 5.87. The smallest absolute Gasteiger partial charge is 0.119 e. The van der Waals surface area contributed by atoms with Crippen LogP contribution in [0.4, 0.5) is 5.69 Å². The minimum absolute atomic E-state index is 0.000141. The molecular weight excluding hydrogens is 286 g/mol. The first-order valence-electron chi connectivity index (χ1n) is 7.08. The van der Waals surface area contributed by atoms with Crippen molar-refractivity contribution in [2.24, 2.45) is 0 Å². The van der Waals surface area contributed by atoms with Gasteiger partial charge in [0.05, 0.1) is 19.3 Å². The van der Waals surface area contributed by atoms with Crippen molar-refractivity contribution in [1.29, 1.82) is 0 Å². The number of aliphatic hydroxyl groups is 1. The third-order valence-electron chi connectivity index (χ3n) is 3.10. The zero-order chi connectivity index (χ0) is 15.1.